The van der Waals surface area contributed by atoms with E-state index < -0.39 is 0 Å². The normalized spacial score (nSPS) is 10.8. The van der Waals surface area contributed by atoms with Gasteiger partial charge in [-0.25, -0.2) is 4.98 Å². The number of halogens is 1. The van der Waals surface area contributed by atoms with Crippen LogP contribution in [0, 0.1) is 0 Å². The predicted molar refractivity (Wildman–Crippen MR) is 89.4 cm³/mol. The molecule has 3 heterocycles. The Balaban J connectivity index is 0.00000156. The number of hydrogen-bond donors (Lipinski definition) is 0. The molecule has 0 aliphatic heterocycles. The van der Waals surface area contributed by atoms with E-state index in [1.807, 2.05) is 36.1 Å². The first-order chi connectivity index (χ1) is 10.8. The summed E-state index contributed by atoms with van der Waals surface area (Å²) in [6.07, 6.45) is 8.18. The number of benzene rings is 1. The van der Waals surface area contributed by atoms with E-state index in [0.29, 0.717) is 18.1 Å². The quantitative estimate of drug-likeness (QED) is 0.577. The van der Waals surface area contributed by atoms with Gasteiger partial charge in [0.15, 0.2) is 0 Å². The number of rotatable bonds is 4. The van der Waals surface area contributed by atoms with Crippen molar-refractivity contribution in [1.82, 2.24) is 24.3 Å². The van der Waals surface area contributed by atoms with Crippen LogP contribution in [0.3, 0.4) is 0 Å². The first kappa shape index (κ1) is 15.3. The van der Waals surface area contributed by atoms with Crippen molar-refractivity contribution < 1.29 is 4.52 Å². The second-order valence-corrected chi connectivity index (χ2v) is 5.23. The van der Waals surface area contributed by atoms with E-state index in [2.05, 4.69) is 31.8 Å². The van der Waals surface area contributed by atoms with Crippen molar-refractivity contribution in [3.05, 3.63) is 55.1 Å². The third-order valence-corrected chi connectivity index (χ3v) is 3.75. The zero-order chi connectivity index (χ0) is 14.9. The van der Waals surface area contributed by atoms with Crippen LogP contribution in [0.15, 0.2) is 53.7 Å². The topological polar surface area (TPSA) is 61.7 Å². The molecule has 0 saturated carbocycles. The summed E-state index contributed by atoms with van der Waals surface area (Å²) in [5, 5.41) is 5.26. The molecule has 6 nitrogen and oxygen atoms in total. The van der Waals surface area contributed by atoms with Crippen LogP contribution < -0.4 is 0 Å². The molecule has 23 heavy (non-hydrogen) atoms. The molecule has 0 spiro atoms. The van der Waals surface area contributed by atoms with Crippen LogP contribution in [0.4, 0.5) is 0 Å². The van der Waals surface area contributed by atoms with E-state index in [9.17, 15) is 0 Å². The molecule has 0 aliphatic rings. The summed E-state index contributed by atoms with van der Waals surface area (Å²) in [6.45, 7) is 0.775. The molecule has 0 fully saturated rings. The van der Waals surface area contributed by atoms with Crippen molar-refractivity contribution in [2.45, 2.75) is 13.0 Å². The van der Waals surface area contributed by atoms with Crippen LogP contribution >= 0.6 is 12.4 Å². The molecule has 0 aliphatic carbocycles. The van der Waals surface area contributed by atoms with Gasteiger partial charge >= 0.3 is 0 Å². The van der Waals surface area contributed by atoms with E-state index in [1.54, 1.807) is 12.5 Å². The minimum absolute atomic E-state index is 0. The highest BCUT2D eigenvalue weighted by Crippen LogP contribution is 2.28. The van der Waals surface area contributed by atoms with E-state index in [0.717, 1.165) is 23.0 Å². The fraction of sp³-hybridized carbons (Fsp3) is 0.188. The zero-order valence-electron chi connectivity index (χ0n) is 12.6. The number of fused-ring (bicyclic) bond motifs is 1. The Hall–Kier alpha value is -2.60. The lowest BCUT2D eigenvalue weighted by Gasteiger charge is -1.96. The second kappa shape index (κ2) is 6.26. The minimum Gasteiger partial charge on any atom is -0.350 e. The zero-order valence-corrected chi connectivity index (χ0v) is 13.4. The average Bonchev–Trinajstić information content (AvgIpc) is 3.26. The predicted octanol–water partition coefficient (Wildman–Crippen LogP) is 3.09. The maximum absolute atomic E-state index is 5.37. The fourth-order valence-corrected chi connectivity index (χ4v) is 2.63. The molecule has 7 heteroatoms. The summed E-state index contributed by atoms with van der Waals surface area (Å²) in [5.74, 6) is 1.27. The first-order valence-electron chi connectivity index (χ1n) is 7.14. The summed E-state index contributed by atoms with van der Waals surface area (Å²) in [4.78, 5) is 8.54. The number of aromatic nitrogens is 5. The average molecular weight is 330 g/mol. The van der Waals surface area contributed by atoms with Gasteiger partial charge in [-0.2, -0.15) is 4.98 Å². The fourth-order valence-electron chi connectivity index (χ4n) is 2.63. The molecule has 4 aromatic rings. The van der Waals surface area contributed by atoms with Crippen LogP contribution in [0.25, 0.3) is 22.3 Å². The lowest BCUT2D eigenvalue weighted by Crippen LogP contribution is -1.98. The Morgan fingerprint density at radius 1 is 1.22 bits per heavy atom. The number of aryl methyl sites for hydroxylation is 3. The number of hydrogen-bond acceptors (Lipinski definition) is 4. The van der Waals surface area contributed by atoms with E-state index in [1.165, 1.54) is 0 Å². The number of para-hydroxylation sites is 1. The van der Waals surface area contributed by atoms with Gasteiger partial charge in [-0.1, -0.05) is 23.4 Å². The molecule has 0 radical (unpaired) electrons. The second-order valence-electron chi connectivity index (χ2n) is 5.23. The van der Waals surface area contributed by atoms with Crippen LogP contribution in [0.5, 0.6) is 0 Å². The van der Waals surface area contributed by atoms with E-state index >= 15 is 0 Å². The van der Waals surface area contributed by atoms with Gasteiger partial charge in [0.2, 0.25) is 11.7 Å². The Bertz CT molecular complexity index is 910. The summed E-state index contributed by atoms with van der Waals surface area (Å²) >= 11 is 0. The largest absolute Gasteiger partial charge is 0.350 e. The first-order valence-corrected chi connectivity index (χ1v) is 7.14. The molecule has 0 N–H and O–H groups in total. The molecule has 0 saturated heterocycles. The minimum atomic E-state index is 0. The molecular weight excluding hydrogens is 314 g/mol. The summed E-state index contributed by atoms with van der Waals surface area (Å²) in [6, 6.07) is 8.20. The van der Waals surface area contributed by atoms with E-state index in [-0.39, 0.29) is 12.4 Å². The number of imidazole rings is 1. The molecule has 0 amide bonds. The van der Waals surface area contributed by atoms with Gasteiger partial charge in [0.1, 0.15) is 0 Å². The smallest absolute Gasteiger partial charge is 0.228 e. The maximum Gasteiger partial charge on any atom is 0.228 e. The Labute approximate surface area is 139 Å². The Morgan fingerprint density at radius 3 is 2.91 bits per heavy atom. The summed E-state index contributed by atoms with van der Waals surface area (Å²) in [7, 11) is 2.02. The number of nitrogens with zero attached hydrogens (tertiary/aromatic N) is 5. The highest BCUT2D eigenvalue weighted by Gasteiger charge is 2.14. The molecule has 0 atom stereocenters. The SMILES string of the molecule is Cl.Cn1cc(-c2noc(CCn3ccnc3)n2)c2ccccc21. The lowest BCUT2D eigenvalue weighted by atomic mass is 10.2. The Kier molecular flexibility index (Phi) is 4.16. The molecular formula is C16H16ClN5O. The molecule has 4 rings (SSSR count). The van der Waals surface area contributed by atoms with Gasteiger partial charge in [-0.15, -0.1) is 12.4 Å². The molecule has 0 unspecified atom stereocenters. The van der Waals surface area contributed by atoms with Crippen molar-refractivity contribution in [2.75, 3.05) is 0 Å². The monoisotopic (exact) mass is 329 g/mol. The van der Waals surface area contributed by atoms with Crippen molar-refractivity contribution in [2.24, 2.45) is 7.05 Å². The van der Waals surface area contributed by atoms with Crippen molar-refractivity contribution in [3.8, 4) is 11.4 Å². The van der Waals surface area contributed by atoms with Crippen LogP contribution in [0.1, 0.15) is 5.89 Å². The third-order valence-electron chi connectivity index (χ3n) is 3.75. The standard InChI is InChI=1S/C16H15N5O.ClH/c1-20-10-13(12-4-2-3-5-14(12)20)16-18-15(22-19-16)6-8-21-9-7-17-11-21;/h2-5,7,9-11H,6,8H2,1H3;1H. The molecule has 3 aromatic heterocycles. The molecule has 0 bridgehead atoms. The van der Waals surface area contributed by atoms with Crippen LogP contribution in [-0.2, 0) is 20.0 Å². The molecule has 1 aromatic carbocycles. The van der Waals surface area contributed by atoms with E-state index in [4.69, 9.17) is 4.52 Å². The van der Waals surface area contributed by atoms with Gasteiger partial charge in [-0.3, -0.25) is 0 Å². The summed E-state index contributed by atoms with van der Waals surface area (Å²) < 4.78 is 9.43. The van der Waals surface area contributed by atoms with Crippen molar-refractivity contribution in [1.29, 1.82) is 0 Å². The van der Waals surface area contributed by atoms with Gasteiger partial charge in [0, 0.05) is 55.1 Å². The van der Waals surface area contributed by atoms with Crippen LogP contribution in [-0.4, -0.2) is 24.3 Å². The van der Waals surface area contributed by atoms with Crippen LogP contribution in [0.2, 0.25) is 0 Å². The summed E-state index contributed by atoms with van der Waals surface area (Å²) in [5.41, 5.74) is 2.15. The van der Waals surface area contributed by atoms with Gasteiger partial charge in [-0.05, 0) is 6.07 Å². The van der Waals surface area contributed by atoms with Gasteiger partial charge in [0.25, 0.3) is 0 Å². The van der Waals surface area contributed by atoms with Gasteiger partial charge in [0.05, 0.1) is 6.33 Å². The maximum atomic E-state index is 5.37. The molecule has 118 valence electrons. The lowest BCUT2D eigenvalue weighted by molar-refractivity contribution is 0.372. The highest BCUT2D eigenvalue weighted by atomic mass is 35.5. The van der Waals surface area contributed by atoms with Gasteiger partial charge < -0.3 is 13.7 Å². The van der Waals surface area contributed by atoms with Crippen molar-refractivity contribution >= 4 is 23.3 Å². The third kappa shape index (κ3) is 2.85. The Morgan fingerprint density at radius 2 is 2.09 bits per heavy atom. The highest BCUT2D eigenvalue weighted by molar-refractivity contribution is 5.94. The van der Waals surface area contributed by atoms with Crippen molar-refractivity contribution in [3.63, 3.8) is 0 Å².